The van der Waals surface area contributed by atoms with Crippen molar-refractivity contribution in [3.8, 4) is 0 Å². The molecule has 2 aromatic rings. The Bertz CT molecular complexity index is 651. The lowest BCUT2D eigenvalue weighted by Crippen LogP contribution is -1.94. The number of carbonyl (C=O) groups excluding carboxylic acids is 1. The van der Waals surface area contributed by atoms with E-state index in [0.29, 0.717) is 16.8 Å². The Morgan fingerprint density at radius 1 is 1.05 bits per heavy atom. The average molecular weight is 269 g/mol. The molecule has 0 heterocycles. The highest BCUT2D eigenvalue weighted by Gasteiger charge is 2.03. The van der Waals surface area contributed by atoms with E-state index in [-0.39, 0.29) is 5.69 Å². The molecule has 0 aliphatic rings. The van der Waals surface area contributed by atoms with Crippen LogP contribution in [0.2, 0.25) is 0 Å². The van der Waals surface area contributed by atoms with E-state index in [2.05, 4.69) is 10.5 Å². The Morgan fingerprint density at radius 3 is 2.30 bits per heavy atom. The van der Waals surface area contributed by atoms with Crippen LogP contribution in [0.25, 0.3) is 0 Å². The number of carbonyl (C=O) groups is 1. The molecule has 100 valence electrons. The highest BCUT2D eigenvalue weighted by atomic mass is 16.6. The summed E-state index contributed by atoms with van der Waals surface area (Å²) in [4.78, 5) is 20.9. The van der Waals surface area contributed by atoms with Gasteiger partial charge in [-0.05, 0) is 12.1 Å². The predicted molar refractivity (Wildman–Crippen MR) is 76.1 cm³/mol. The van der Waals surface area contributed by atoms with Crippen molar-refractivity contribution in [2.24, 2.45) is 5.10 Å². The molecule has 0 amide bonds. The fourth-order valence-corrected chi connectivity index (χ4v) is 1.57. The largest absolute Gasteiger partial charge is 0.298 e. The van der Waals surface area contributed by atoms with Crippen LogP contribution < -0.4 is 5.43 Å². The Labute approximate surface area is 114 Å². The normalized spacial score (nSPS) is 10.4. The van der Waals surface area contributed by atoms with Crippen molar-refractivity contribution < 1.29 is 9.72 Å². The Kier molecular flexibility index (Phi) is 4.18. The van der Waals surface area contributed by atoms with Crippen molar-refractivity contribution in [1.82, 2.24) is 0 Å². The first-order valence-corrected chi connectivity index (χ1v) is 5.78. The van der Waals surface area contributed by atoms with Gasteiger partial charge < -0.3 is 0 Å². The minimum absolute atomic E-state index is 0.0193. The second kappa shape index (κ2) is 6.24. The van der Waals surface area contributed by atoms with Gasteiger partial charge in [0.1, 0.15) is 0 Å². The summed E-state index contributed by atoms with van der Waals surface area (Å²) in [5.41, 5.74) is 4.62. The van der Waals surface area contributed by atoms with Crippen molar-refractivity contribution in [2.45, 2.75) is 0 Å². The van der Waals surface area contributed by atoms with Crippen LogP contribution in [0, 0.1) is 10.1 Å². The fourth-order valence-electron chi connectivity index (χ4n) is 1.57. The number of nitro groups is 1. The topological polar surface area (TPSA) is 84.6 Å². The zero-order chi connectivity index (χ0) is 14.4. The Hall–Kier alpha value is -3.02. The molecule has 0 radical (unpaired) electrons. The van der Waals surface area contributed by atoms with Crippen LogP contribution in [0.3, 0.4) is 0 Å². The second-order valence-corrected chi connectivity index (χ2v) is 3.92. The standard InChI is InChI=1S/C14H11N3O3/c18-10-12-4-2-1-3-11(12)9-15-16-13-5-7-14(8-6-13)17(19)20/h1-10,16H. The summed E-state index contributed by atoms with van der Waals surface area (Å²) in [6.07, 6.45) is 2.28. The Balaban J connectivity index is 2.06. The second-order valence-electron chi connectivity index (χ2n) is 3.92. The molecule has 0 aliphatic carbocycles. The number of hydrogen-bond acceptors (Lipinski definition) is 5. The summed E-state index contributed by atoms with van der Waals surface area (Å²) >= 11 is 0. The van der Waals surface area contributed by atoms with Gasteiger partial charge in [0.25, 0.3) is 5.69 Å². The van der Waals surface area contributed by atoms with Crippen molar-refractivity contribution in [1.29, 1.82) is 0 Å². The van der Waals surface area contributed by atoms with Crippen LogP contribution in [-0.2, 0) is 0 Å². The van der Waals surface area contributed by atoms with Crippen LogP contribution >= 0.6 is 0 Å². The molecular formula is C14H11N3O3. The zero-order valence-electron chi connectivity index (χ0n) is 10.4. The van der Waals surface area contributed by atoms with E-state index < -0.39 is 4.92 Å². The molecule has 0 atom stereocenters. The number of nitrogens with one attached hydrogen (secondary N) is 1. The number of rotatable bonds is 5. The van der Waals surface area contributed by atoms with E-state index in [9.17, 15) is 14.9 Å². The van der Waals surface area contributed by atoms with Crippen LogP contribution in [0.1, 0.15) is 15.9 Å². The predicted octanol–water partition coefficient (Wildman–Crippen LogP) is 2.85. The van der Waals surface area contributed by atoms with Gasteiger partial charge in [0.2, 0.25) is 0 Å². The van der Waals surface area contributed by atoms with Gasteiger partial charge in [0, 0.05) is 23.3 Å². The zero-order valence-corrected chi connectivity index (χ0v) is 10.4. The van der Waals surface area contributed by atoms with E-state index in [0.717, 1.165) is 6.29 Å². The summed E-state index contributed by atoms with van der Waals surface area (Å²) in [5, 5.41) is 14.5. The van der Waals surface area contributed by atoms with Gasteiger partial charge in [0.05, 0.1) is 16.8 Å². The molecule has 6 nitrogen and oxygen atoms in total. The molecule has 0 spiro atoms. The molecule has 0 unspecified atom stereocenters. The number of non-ortho nitro benzene ring substituents is 1. The van der Waals surface area contributed by atoms with Gasteiger partial charge >= 0.3 is 0 Å². The van der Waals surface area contributed by atoms with Gasteiger partial charge in [-0.2, -0.15) is 5.10 Å². The molecule has 0 aromatic heterocycles. The molecule has 2 rings (SSSR count). The van der Waals surface area contributed by atoms with E-state index in [1.807, 2.05) is 0 Å². The first-order chi connectivity index (χ1) is 9.70. The van der Waals surface area contributed by atoms with Gasteiger partial charge in [-0.15, -0.1) is 0 Å². The molecule has 0 bridgehead atoms. The summed E-state index contributed by atoms with van der Waals surface area (Å²) in [5.74, 6) is 0. The third-order valence-electron chi connectivity index (χ3n) is 2.60. The van der Waals surface area contributed by atoms with Crippen LogP contribution in [0.15, 0.2) is 53.6 Å². The minimum atomic E-state index is -0.465. The lowest BCUT2D eigenvalue weighted by Gasteiger charge is -2.00. The molecule has 6 heteroatoms. The number of hydrogen-bond donors (Lipinski definition) is 1. The van der Waals surface area contributed by atoms with Crippen LogP contribution in [0.5, 0.6) is 0 Å². The first-order valence-electron chi connectivity index (χ1n) is 5.78. The van der Waals surface area contributed by atoms with E-state index in [1.165, 1.54) is 18.3 Å². The lowest BCUT2D eigenvalue weighted by atomic mass is 10.1. The highest BCUT2D eigenvalue weighted by Crippen LogP contribution is 2.15. The van der Waals surface area contributed by atoms with Crippen LogP contribution in [0.4, 0.5) is 11.4 Å². The van der Waals surface area contributed by atoms with E-state index in [4.69, 9.17) is 0 Å². The summed E-state index contributed by atoms with van der Waals surface area (Å²) in [6.45, 7) is 0. The first kappa shape index (κ1) is 13.4. The summed E-state index contributed by atoms with van der Waals surface area (Å²) < 4.78 is 0. The number of benzene rings is 2. The van der Waals surface area contributed by atoms with Crippen molar-refractivity contribution in [2.75, 3.05) is 5.43 Å². The van der Waals surface area contributed by atoms with Gasteiger partial charge in [-0.25, -0.2) is 0 Å². The SMILES string of the molecule is O=Cc1ccccc1C=NNc1ccc([N+](=O)[O-])cc1. The summed E-state index contributed by atoms with van der Waals surface area (Å²) in [6, 6.07) is 12.9. The third-order valence-corrected chi connectivity index (χ3v) is 2.60. The molecule has 0 fully saturated rings. The maximum Gasteiger partial charge on any atom is 0.269 e. The maximum absolute atomic E-state index is 10.8. The fraction of sp³-hybridized carbons (Fsp3) is 0. The number of anilines is 1. The molecule has 0 saturated carbocycles. The third kappa shape index (κ3) is 3.26. The van der Waals surface area contributed by atoms with Crippen molar-refractivity contribution >= 4 is 23.9 Å². The maximum atomic E-state index is 10.8. The average Bonchev–Trinajstić information content (AvgIpc) is 2.48. The summed E-state index contributed by atoms with van der Waals surface area (Å²) in [7, 11) is 0. The number of hydrazone groups is 1. The lowest BCUT2D eigenvalue weighted by molar-refractivity contribution is -0.384. The monoisotopic (exact) mass is 269 g/mol. The Morgan fingerprint density at radius 2 is 1.70 bits per heavy atom. The number of nitro benzene ring substituents is 1. The van der Waals surface area contributed by atoms with Crippen molar-refractivity contribution in [3.63, 3.8) is 0 Å². The molecule has 2 aromatic carbocycles. The van der Waals surface area contributed by atoms with Gasteiger partial charge in [-0.1, -0.05) is 24.3 Å². The highest BCUT2D eigenvalue weighted by molar-refractivity contribution is 5.92. The number of aldehydes is 1. The van der Waals surface area contributed by atoms with Gasteiger partial charge in [0.15, 0.2) is 6.29 Å². The molecule has 1 N–H and O–H groups in total. The molecule has 20 heavy (non-hydrogen) atoms. The van der Waals surface area contributed by atoms with Gasteiger partial charge in [-0.3, -0.25) is 20.3 Å². The molecule has 0 saturated heterocycles. The smallest absolute Gasteiger partial charge is 0.269 e. The van der Waals surface area contributed by atoms with Crippen molar-refractivity contribution in [3.05, 3.63) is 69.8 Å². The van der Waals surface area contributed by atoms with E-state index >= 15 is 0 Å². The van der Waals surface area contributed by atoms with Crippen LogP contribution in [-0.4, -0.2) is 17.4 Å². The molecule has 0 aliphatic heterocycles. The quantitative estimate of drug-likeness (QED) is 0.391. The minimum Gasteiger partial charge on any atom is -0.298 e. The number of nitrogens with zero attached hydrogens (tertiary/aromatic N) is 2. The molecular weight excluding hydrogens is 258 g/mol. The van der Waals surface area contributed by atoms with E-state index in [1.54, 1.807) is 36.4 Å².